The molecule has 2 aromatic heterocycles. The van der Waals surface area contributed by atoms with Crippen molar-refractivity contribution in [3.63, 3.8) is 0 Å². The van der Waals surface area contributed by atoms with Crippen molar-refractivity contribution >= 4 is 22.9 Å². The summed E-state index contributed by atoms with van der Waals surface area (Å²) in [5.74, 6) is 0. The Labute approximate surface area is 83.1 Å². The Kier molecular flexibility index (Phi) is 2.62. The molecule has 0 aliphatic carbocycles. The van der Waals surface area contributed by atoms with Crippen molar-refractivity contribution < 1.29 is 5.11 Å². The van der Waals surface area contributed by atoms with Crippen molar-refractivity contribution in [1.82, 2.24) is 14.6 Å². The van der Waals surface area contributed by atoms with Gasteiger partial charge in [0.05, 0.1) is 22.2 Å². The summed E-state index contributed by atoms with van der Waals surface area (Å²) in [5, 5.41) is 15.4. The monoisotopic (exact) mass is 213 g/mol. The highest BCUT2D eigenvalue weighted by Crippen LogP contribution is 2.20. The molecule has 0 radical (unpaired) electrons. The second kappa shape index (κ2) is 3.91. The molecule has 0 saturated carbocycles. The van der Waals surface area contributed by atoms with Gasteiger partial charge >= 0.3 is 0 Å². The summed E-state index contributed by atoms with van der Waals surface area (Å²) >= 11 is 2.74. The molecule has 4 nitrogen and oxygen atoms in total. The predicted molar refractivity (Wildman–Crippen MR) is 50.7 cm³/mol. The maximum Gasteiger partial charge on any atom is 0.0954 e. The lowest BCUT2D eigenvalue weighted by Gasteiger charge is -2.03. The Hall–Kier alpha value is -0.850. The maximum atomic E-state index is 9.69. The molecule has 0 bridgehead atoms. The summed E-state index contributed by atoms with van der Waals surface area (Å²) in [6.45, 7) is 0. The molecule has 0 saturated heterocycles. The van der Waals surface area contributed by atoms with Crippen LogP contribution in [0.4, 0.5) is 0 Å². The minimum Gasteiger partial charge on any atom is -0.387 e. The van der Waals surface area contributed by atoms with E-state index in [2.05, 4.69) is 14.6 Å². The van der Waals surface area contributed by atoms with E-state index >= 15 is 0 Å². The zero-order valence-electron chi connectivity index (χ0n) is 6.62. The van der Waals surface area contributed by atoms with Gasteiger partial charge in [-0.3, -0.25) is 4.98 Å². The van der Waals surface area contributed by atoms with Gasteiger partial charge in [-0.25, -0.2) is 0 Å². The van der Waals surface area contributed by atoms with Crippen LogP contribution >= 0.6 is 22.9 Å². The summed E-state index contributed by atoms with van der Waals surface area (Å²) < 4.78 is 3.72. The Morgan fingerprint density at radius 2 is 2.46 bits per heavy atom. The predicted octanol–water partition coefficient (Wildman–Crippen LogP) is 1.27. The standard InChI is InChI=1S/C7H7N3OS2/c11-6(7-2-8-4-12-7)1-5-3-13-10-9-5/h2-4,6,11H,1H2. The van der Waals surface area contributed by atoms with Gasteiger partial charge in [0, 0.05) is 18.0 Å². The van der Waals surface area contributed by atoms with Crippen LogP contribution in [0.15, 0.2) is 17.1 Å². The highest BCUT2D eigenvalue weighted by molar-refractivity contribution is 7.09. The van der Waals surface area contributed by atoms with E-state index in [1.807, 2.05) is 5.38 Å². The molecule has 2 heterocycles. The van der Waals surface area contributed by atoms with Gasteiger partial charge in [0.1, 0.15) is 0 Å². The number of hydrogen-bond acceptors (Lipinski definition) is 6. The molecule has 0 spiro atoms. The summed E-state index contributed by atoms with van der Waals surface area (Å²) in [6.07, 6.45) is 1.68. The third-order valence-electron chi connectivity index (χ3n) is 1.59. The third-order valence-corrected chi connectivity index (χ3v) is 3.02. The average molecular weight is 213 g/mol. The molecule has 13 heavy (non-hydrogen) atoms. The van der Waals surface area contributed by atoms with Gasteiger partial charge < -0.3 is 5.11 Å². The molecular formula is C7H7N3OS2. The topological polar surface area (TPSA) is 58.9 Å². The molecule has 0 aliphatic rings. The number of aliphatic hydroxyl groups is 1. The fourth-order valence-corrected chi connectivity index (χ4v) is 2.03. The van der Waals surface area contributed by atoms with E-state index in [4.69, 9.17) is 0 Å². The molecule has 0 amide bonds. The smallest absolute Gasteiger partial charge is 0.0954 e. The van der Waals surface area contributed by atoms with Crippen molar-refractivity contribution in [3.8, 4) is 0 Å². The highest BCUT2D eigenvalue weighted by Gasteiger charge is 2.11. The fraction of sp³-hybridized carbons (Fsp3) is 0.286. The van der Waals surface area contributed by atoms with E-state index in [0.29, 0.717) is 6.42 Å². The molecular weight excluding hydrogens is 206 g/mol. The molecule has 6 heteroatoms. The third kappa shape index (κ3) is 2.09. The van der Waals surface area contributed by atoms with Crippen molar-refractivity contribution in [2.75, 3.05) is 0 Å². The molecule has 1 atom stereocenters. The Balaban J connectivity index is 2.04. The van der Waals surface area contributed by atoms with E-state index in [1.165, 1.54) is 22.9 Å². The summed E-state index contributed by atoms with van der Waals surface area (Å²) in [5.41, 5.74) is 2.53. The van der Waals surface area contributed by atoms with Gasteiger partial charge in [0.25, 0.3) is 0 Å². The van der Waals surface area contributed by atoms with Crippen LogP contribution in [0.25, 0.3) is 0 Å². The van der Waals surface area contributed by atoms with Gasteiger partial charge in [-0.05, 0) is 11.5 Å². The second-order valence-electron chi connectivity index (χ2n) is 2.52. The molecule has 0 aliphatic heterocycles. The van der Waals surface area contributed by atoms with E-state index in [9.17, 15) is 5.11 Å². The van der Waals surface area contributed by atoms with Crippen molar-refractivity contribution in [2.45, 2.75) is 12.5 Å². The van der Waals surface area contributed by atoms with Crippen LogP contribution in [0.3, 0.4) is 0 Å². The van der Waals surface area contributed by atoms with Crippen LogP contribution in [0, 0.1) is 0 Å². The Morgan fingerprint density at radius 1 is 1.54 bits per heavy atom. The second-order valence-corrected chi connectivity index (χ2v) is 4.05. The number of aromatic nitrogens is 3. The summed E-state index contributed by atoms with van der Waals surface area (Å²) in [7, 11) is 0. The first-order chi connectivity index (χ1) is 6.36. The van der Waals surface area contributed by atoms with E-state index in [0.717, 1.165) is 10.6 Å². The zero-order chi connectivity index (χ0) is 9.10. The molecule has 2 rings (SSSR count). The summed E-state index contributed by atoms with van der Waals surface area (Å²) in [4.78, 5) is 4.77. The minimum absolute atomic E-state index is 0.503. The number of nitrogens with zero attached hydrogens (tertiary/aromatic N) is 3. The molecule has 0 aromatic carbocycles. The molecule has 2 aromatic rings. The largest absolute Gasteiger partial charge is 0.387 e. The quantitative estimate of drug-likeness (QED) is 0.834. The van der Waals surface area contributed by atoms with Gasteiger partial charge in [-0.15, -0.1) is 16.4 Å². The van der Waals surface area contributed by atoms with Gasteiger partial charge in [-0.1, -0.05) is 4.49 Å². The Bertz CT molecular complexity index is 346. The fourth-order valence-electron chi connectivity index (χ4n) is 0.962. The highest BCUT2D eigenvalue weighted by atomic mass is 32.1. The number of aliphatic hydroxyl groups excluding tert-OH is 1. The van der Waals surface area contributed by atoms with Gasteiger partial charge in [0.2, 0.25) is 0 Å². The Morgan fingerprint density at radius 3 is 3.08 bits per heavy atom. The molecule has 1 N–H and O–H groups in total. The number of thiazole rings is 1. The van der Waals surface area contributed by atoms with Gasteiger partial charge in [0.15, 0.2) is 0 Å². The molecule has 68 valence electrons. The van der Waals surface area contributed by atoms with Crippen molar-refractivity contribution in [1.29, 1.82) is 0 Å². The van der Waals surface area contributed by atoms with Crippen LogP contribution < -0.4 is 0 Å². The van der Waals surface area contributed by atoms with Gasteiger partial charge in [-0.2, -0.15) is 0 Å². The SMILES string of the molecule is OC(Cc1csnn1)c1cncs1. The maximum absolute atomic E-state index is 9.69. The first kappa shape index (κ1) is 8.74. The van der Waals surface area contributed by atoms with Crippen LogP contribution in [-0.2, 0) is 6.42 Å². The van der Waals surface area contributed by atoms with Crippen LogP contribution in [0.5, 0.6) is 0 Å². The van der Waals surface area contributed by atoms with Crippen LogP contribution in [0.2, 0.25) is 0 Å². The minimum atomic E-state index is -0.503. The first-order valence-corrected chi connectivity index (χ1v) is 5.40. The number of hydrogen-bond donors (Lipinski definition) is 1. The van der Waals surface area contributed by atoms with E-state index < -0.39 is 6.10 Å². The van der Waals surface area contributed by atoms with E-state index in [1.54, 1.807) is 11.7 Å². The lowest BCUT2D eigenvalue weighted by Crippen LogP contribution is -1.99. The lowest BCUT2D eigenvalue weighted by atomic mass is 10.2. The van der Waals surface area contributed by atoms with Crippen LogP contribution in [0.1, 0.15) is 16.7 Å². The zero-order valence-corrected chi connectivity index (χ0v) is 8.25. The average Bonchev–Trinajstić information content (AvgIpc) is 2.74. The molecule has 1 unspecified atom stereocenters. The molecule has 0 fully saturated rings. The van der Waals surface area contributed by atoms with E-state index in [-0.39, 0.29) is 0 Å². The summed E-state index contributed by atoms with van der Waals surface area (Å²) in [6, 6.07) is 0. The number of rotatable bonds is 3. The van der Waals surface area contributed by atoms with Crippen molar-refractivity contribution in [3.05, 3.63) is 27.7 Å². The van der Waals surface area contributed by atoms with Crippen molar-refractivity contribution in [2.24, 2.45) is 0 Å². The lowest BCUT2D eigenvalue weighted by molar-refractivity contribution is 0.181. The van der Waals surface area contributed by atoms with Crippen LogP contribution in [-0.4, -0.2) is 19.7 Å². The first-order valence-electron chi connectivity index (χ1n) is 3.68. The normalized spacial score (nSPS) is 13.0.